The molecule has 1 saturated heterocycles. The lowest BCUT2D eigenvalue weighted by Gasteiger charge is -2.31. The number of benzene rings is 2. The standard InChI is InChI=1S/C23H28N4O2/c1-3-29-19-9-7-17(8-10-19)14-24-22(28)18-5-4-12-27(15-18)23-25-20-11-6-16(2)13-21(20)26-23/h6-11,13,18H,3-5,12,14-15H2,1-2H3,(H,24,28)(H,25,26)/t18-/m1/s1. The molecule has 1 aromatic heterocycles. The van der Waals surface area contributed by atoms with Gasteiger partial charge in [0.15, 0.2) is 0 Å². The zero-order valence-corrected chi connectivity index (χ0v) is 17.1. The van der Waals surface area contributed by atoms with E-state index in [0.29, 0.717) is 19.7 Å². The summed E-state index contributed by atoms with van der Waals surface area (Å²) in [5, 5.41) is 3.09. The van der Waals surface area contributed by atoms with Gasteiger partial charge in [-0.05, 0) is 62.1 Å². The molecule has 0 spiro atoms. The van der Waals surface area contributed by atoms with Crippen LogP contribution in [0.25, 0.3) is 11.0 Å². The van der Waals surface area contributed by atoms with Gasteiger partial charge in [0, 0.05) is 19.6 Å². The highest BCUT2D eigenvalue weighted by molar-refractivity contribution is 5.80. The van der Waals surface area contributed by atoms with Crippen LogP contribution in [0.4, 0.5) is 5.95 Å². The van der Waals surface area contributed by atoms with Crippen LogP contribution >= 0.6 is 0 Å². The minimum absolute atomic E-state index is 0.0265. The number of fused-ring (bicyclic) bond motifs is 1. The van der Waals surface area contributed by atoms with Gasteiger partial charge in [-0.2, -0.15) is 0 Å². The number of anilines is 1. The van der Waals surface area contributed by atoms with E-state index >= 15 is 0 Å². The van der Waals surface area contributed by atoms with Gasteiger partial charge in [0.05, 0.1) is 23.6 Å². The number of carbonyl (C=O) groups is 1. The Morgan fingerprint density at radius 1 is 1.28 bits per heavy atom. The molecule has 0 saturated carbocycles. The summed E-state index contributed by atoms with van der Waals surface area (Å²) in [5.74, 6) is 1.79. The lowest BCUT2D eigenvalue weighted by molar-refractivity contribution is -0.125. The fourth-order valence-electron chi connectivity index (χ4n) is 3.85. The van der Waals surface area contributed by atoms with Crippen LogP contribution in [0.15, 0.2) is 42.5 Å². The van der Waals surface area contributed by atoms with Gasteiger partial charge in [-0.25, -0.2) is 4.98 Å². The van der Waals surface area contributed by atoms with Gasteiger partial charge in [-0.3, -0.25) is 4.79 Å². The Balaban J connectivity index is 1.36. The number of hydrogen-bond donors (Lipinski definition) is 2. The highest BCUT2D eigenvalue weighted by atomic mass is 16.5. The second-order valence-corrected chi connectivity index (χ2v) is 7.66. The third-order valence-electron chi connectivity index (χ3n) is 5.42. The topological polar surface area (TPSA) is 70.2 Å². The number of aromatic amines is 1. The minimum atomic E-state index is -0.0265. The molecule has 4 rings (SSSR count). The second-order valence-electron chi connectivity index (χ2n) is 7.66. The molecule has 29 heavy (non-hydrogen) atoms. The molecule has 2 heterocycles. The fourth-order valence-corrected chi connectivity index (χ4v) is 3.85. The van der Waals surface area contributed by atoms with Gasteiger partial charge in [0.1, 0.15) is 5.75 Å². The number of carbonyl (C=O) groups excluding carboxylic acids is 1. The van der Waals surface area contributed by atoms with Crippen molar-refractivity contribution >= 4 is 22.9 Å². The summed E-state index contributed by atoms with van der Waals surface area (Å²) in [4.78, 5) is 23.1. The molecule has 2 aromatic carbocycles. The van der Waals surface area contributed by atoms with E-state index in [2.05, 4.69) is 34.3 Å². The van der Waals surface area contributed by atoms with Crippen molar-refractivity contribution in [3.63, 3.8) is 0 Å². The predicted molar refractivity (Wildman–Crippen MR) is 115 cm³/mol. The first-order valence-electron chi connectivity index (χ1n) is 10.3. The highest BCUT2D eigenvalue weighted by Gasteiger charge is 2.27. The maximum atomic E-state index is 12.7. The van der Waals surface area contributed by atoms with Crippen molar-refractivity contribution in [3.8, 4) is 5.75 Å². The van der Waals surface area contributed by atoms with E-state index in [9.17, 15) is 4.79 Å². The van der Waals surface area contributed by atoms with Crippen LogP contribution in [0.1, 0.15) is 30.9 Å². The first kappa shape index (κ1) is 19.3. The monoisotopic (exact) mass is 392 g/mol. The van der Waals surface area contributed by atoms with Crippen LogP contribution < -0.4 is 15.0 Å². The van der Waals surface area contributed by atoms with Crippen LogP contribution in [0.5, 0.6) is 5.75 Å². The maximum Gasteiger partial charge on any atom is 0.225 e. The molecular formula is C23H28N4O2. The zero-order chi connectivity index (χ0) is 20.2. The number of piperidine rings is 1. The van der Waals surface area contributed by atoms with Gasteiger partial charge in [0.2, 0.25) is 11.9 Å². The zero-order valence-electron chi connectivity index (χ0n) is 17.1. The van der Waals surface area contributed by atoms with E-state index < -0.39 is 0 Å². The number of imidazole rings is 1. The number of ether oxygens (including phenoxy) is 1. The van der Waals surface area contributed by atoms with Crippen molar-refractivity contribution in [2.24, 2.45) is 5.92 Å². The summed E-state index contributed by atoms with van der Waals surface area (Å²) in [6, 6.07) is 14.1. The van der Waals surface area contributed by atoms with Crippen molar-refractivity contribution in [1.82, 2.24) is 15.3 Å². The van der Waals surface area contributed by atoms with E-state index in [1.54, 1.807) is 0 Å². The average Bonchev–Trinajstić information content (AvgIpc) is 3.16. The Morgan fingerprint density at radius 2 is 2.10 bits per heavy atom. The van der Waals surface area contributed by atoms with Crippen LogP contribution in [-0.4, -0.2) is 35.6 Å². The van der Waals surface area contributed by atoms with Crippen LogP contribution in [0.2, 0.25) is 0 Å². The van der Waals surface area contributed by atoms with Crippen molar-refractivity contribution in [2.75, 3.05) is 24.6 Å². The maximum absolute atomic E-state index is 12.7. The highest BCUT2D eigenvalue weighted by Crippen LogP contribution is 2.24. The molecule has 0 radical (unpaired) electrons. The first-order chi connectivity index (χ1) is 14.1. The molecule has 1 aliphatic rings. The number of nitrogens with one attached hydrogen (secondary N) is 2. The van der Waals surface area contributed by atoms with E-state index in [4.69, 9.17) is 9.72 Å². The summed E-state index contributed by atoms with van der Waals surface area (Å²) in [7, 11) is 0. The molecule has 1 amide bonds. The molecular weight excluding hydrogens is 364 g/mol. The smallest absolute Gasteiger partial charge is 0.225 e. The van der Waals surface area contributed by atoms with E-state index in [0.717, 1.165) is 47.7 Å². The number of aryl methyl sites for hydroxylation is 1. The number of rotatable bonds is 6. The lowest BCUT2D eigenvalue weighted by Crippen LogP contribution is -2.43. The molecule has 2 N–H and O–H groups in total. The van der Waals surface area contributed by atoms with Crippen LogP contribution in [0, 0.1) is 12.8 Å². The number of amides is 1. The lowest BCUT2D eigenvalue weighted by atomic mass is 9.97. The summed E-state index contributed by atoms with van der Waals surface area (Å²) in [6.45, 7) is 6.83. The fraction of sp³-hybridized carbons (Fsp3) is 0.391. The van der Waals surface area contributed by atoms with Crippen molar-refractivity contribution in [3.05, 3.63) is 53.6 Å². The quantitative estimate of drug-likeness (QED) is 0.669. The van der Waals surface area contributed by atoms with Gasteiger partial charge in [-0.1, -0.05) is 18.2 Å². The third-order valence-corrected chi connectivity index (χ3v) is 5.42. The normalized spacial score (nSPS) is 16.8. The Hall–Kier alpha value is -3.02. The summed E-state index contributed by atoms with van der Waals surface area (Å²) >= 11 is 0. The number of hydrogen-bond acceptors (Lipinski definition) is 4. The third kappa shape index (κ3) is 4.53. The number of aromatic nitrogens is 2. The largest absolute Gasteiger partial charge is 0.494 e. The van der Waals surface area contributed by atoms with E-state index in [-0.39, 0.29) is 11.8 Å². The predicted octanol–water partition coefficient (Wildman–Crippen LogP) is 3.80. The van der Waals surface area contributed by atoms with E-state index in [1.165, 1.54) is 5.56 Å². The molecule has 3 aromatic rings. The number of nitrogens with zero attached hydrogens (tertiary/aromatic N) is 2. The summed E-state index contributed by atoms with van der Waals surface area (Å²) in [6.07, 6.45) is 1.89. The molecule has 6 heteroatoms. The first-order valence-corrected chi connectivity index (χ1v) is 10.3. The van der Waals surface area contributed by atoms with Crippen molar-refractivity contribution in [2.45, 2.75) is 33.2 Å². The van der Waals surface area contributed by atoms with Gasteiger partial charge < -0.3 is 19.9 Å². The Kier molecular flexibility index (Phi) is 5.69. The Labute approximate surface area is 171 Å². The van der Waals surface area contributed by atoms with Crippen LogP contribution in [0.3, 0.4) is 0 Å². The molecule has 1 fully saturated rings. The SMILES string of the molecule is CCOc1ccc(CNC(=O)[C@@H]2CCCN(c3nc4ccc(C)cc4[nH]3)C2)cc1. The molecule has 1 atom stereocenters. The average molecular weight is 393 g/mol. The van der Waals surface area contributed by atoms with E-state index in [1.807, 2.05) is 37.3 Å². The van der Waals surface area contributed by atoms with Crippen molar-refractivity contribution < 1.29 is 9.53 Å². The molecule has 0 bridgehead atoms. The van der Waals surface area contributed by atoms with Crippen molar-refractivity contribution in [1.29, 1.82) is 0 Å². The number of H-pyrrole nitrogens is 1. The van der Waals surface area contributed by atoms with Crippen LogP contribution in [-0.2, 0) is 11.3 Å². The molecule has 0 aliphatic carbocycles. The summed E-state index contributed by atoms with van der Waals surface area (Å²) in [5.41, 5.74) is 4.29. The molecule has 152 valence electrons. The van der Waals surface area contributed by atoms with Gasteiger partial charge in [-0.15, -0.1) is 0 Å². The Bertz CT molecular complexity index is 980. The van der Waals surface area contributed by atoms with Gasteiger partial charge >= 0.3 is 0 Å². The Morgan fingerprint density at radius 3 is 2.90 bits per heavy atom. The molecule has 6 nitrogen and oxygen atoms in total. The minimum Gasteiger partial charge on any atom is -0.494 e. The molecule has 1 aliphatic heterocycles. The molecule has 0 unspecified atom stereocenters. The van der Waals surface area contributed by atoms with Gasteiger partial charge in [0.25, 0.3) is 0 Å². The second kappa shape index (κ2) is 8.55. The summed E-state index contributed by atoms with van der Waals surface area (Å²) < 4.78 is 5.46.